The molecule has 0 atom stereocenters. The Morgan fingerprint density at radius 3 is 2.26 bits per heavy atom. The van der Waals surface area contributed by atoms with Crippen molar-refractivity contribution in [1.29, 1.82) is 0 Å². The zero-order chi connectivity index (χ0) is 26.9. The van der Waals surface area contributed by atoms with E-state index in [0.717, 1.165) is 4.90 Å². The highest BCUT2D eigenvalue weighted by molar-refractivity contribution is 8.00. The van der Waals surface area contributed by atoms with Gasteiger partial charge in [0.25, 0.3) is 11.8 Å². The number of benzene rings is 4. The predicted molar refractivity (Wildman–Crippen MR) is 150 cm³/mol. The summed E-state index contributed by atoms with van der Waals surface area (Å²) >= 11 is 7.58. The minimum absolute atomic E-state index is 0.0106. The molecule has 0 saturated heterocycles. The van der Waals surface area contributed by atoms with E-state index in [9.17, 15) is 18.8 Å². The van der Waals surface area contributed by atoms with E-state index in [2.05, 4.69) is 10.6 Å². The van der Waals surface area contributed by atoms with Gasteiger partial charge in [0, 0.05) is 26.7 Å². The molecule has 4 aromatic rings. The summed E-state index contributed by atoms with van der Waals surface area (Å²) in [5.41, 5.74) is 1.88. The molecule has 0 unspecified atom stereocenters. The minimum atomic E-state index is -0.543. The van der Waals surface area contributed by atoms with Crippen molar-refractivity contribution in [2.45, 2.75) is 4.90 Å². The second-order valence-electron chi connectivity index (χ2n) is 8.10. The Bertz CT molecular complexity index is 1490. The van der Waals surface area contributed by atoms with Crippen molar-refractivity contribution in [1.82, 2.24) is 5.32 Å². The summed E-state index contributed by atoms with van der Waals surface area (Å²) in [6, 6.07) is 27.9. The number of rotatable bonds is 9. The fourth-order valence-corrected chi connectivity index (χ4v) is 4.46. The molecule has 0 bridgehead atoms. The van der Waals surface area contributed by atoms with Crippen molar-refractivity contribution in [2.75, 3.05) is 11.1 Å². The second-order valence-corrected chi connectivity index (χ2v) is 9.56. The van der Waals surface area contributed by atoms with Gasteiger partial charge in [0.2, 0.25) is 0 Å². The fourth-order valence-electron chi connectivity index (χ4n) is 3.42. The first-order chi connectivity index (χ1) is 18.4. The summed E-state index contributed by atoms with van der Waals surface area (Å²) < 4.78 is 13.1. The third-order valence-electron chi connectivity index (χ3n) is 5.36. The standard InChI is InChI=1S/C30H22ClFN2O3S/c31-26-12-5-4-9-22(26)17-27(34-29(36)21-7-2-1-3-8-21)30(37)33-24-10-6-11-25(18-24)38-19-28(35)20-13-15-23(32)16-14-20/h1-18H,19H2,(H,33,37)(H,34,36)/b27-17-. The first kappa shape index (κ1) is 26.9. The average molecular weight is 545 g/mol. The number of nitrogens with one attached hydrogen (secondary N) is 2. The van der Waals surface area contributed by atoms with E-state index in [1.54, 1.807) is 72.8 Å². The van der Waals surface area contributed by atoms with E-state index in [-0.39, 0.29) is 17.2 Å². The molecule has 0 aromatic heterocycles. The van der Waals surface area contributed by atoms with Crippen molar-refractivity contribution in [2.24, 2.45) is 0 Å². The number of Topliss-reactive ketones (excluding diaryl/α,β-unsaturated/α-hetero) is 1. The van der Waals surface area contributed by atoms with Crippen LogP contribution in [-0.2, 0) is 4.79 Å². The maximum atomic E-state index is 13.3. The SMILES string of the molecule is O=C(Nc1cccc(SCC(=O)c2ccc(F)cc2)c1)/C(=C/c1ccccc1Cl)NC(=O)c1ccccc1. The van der Waals surface area contributed by atoms with Crippen LogP contribution in [0.1, 0.15) is 26.3 Å². The molecule has 0 saturated carbocycles. The number of hydrogen-bond donors (Lipinski definition) is 2. The third-order valence-corrected chi connectivity index (χ3v) is 6.70. The quantitative estimate of drug-likeness (QED) is 0.137. The molecule has 0 heterocycles. The Hall–Kier alpha value is -4.20. The first-order valence-electron chi connectivity index (χ1n) is 11.5. The summed E-state index contributed by atoms with van der Waals surface area (Å²) in [6.07, 6.45) is 1.51. The molecule has 4 aromatic carbocycles. The zero-order valence-electron chi connectivity index (χ0n) is 20.0. The Labute approximate surface area is 228 Å². The summed E-state index contributed by atoms with van der Waals surface area (Å²) in [4.78, 5) is 39.2. The Balaban J connectivity index is 1.49. The molecule has 2 amide bonds. The number of thioether (sulfide) groups is 1. The number of carbonyl (C=O) groups excluding carboxylic acids is 3. The summed E-state index contributed by atoms with van der Waals surface area (Å²) in [5.74, 6) is -1.38. The normalized spacial score (nSPS) is 11.1. The lowest BCUT2D eigenvalue weighted by atomic mass is 10.1. The topological polar surface area (TPSA) is 75.3 Å². The highest BCUT2D eigenvalue weighted by Gasteiger charge is 2.16. The predicted octanol–water partition coefficient (Wildman–Crippen LogP) is 6.86. The van der Waals surface area contributed by atoms with Gasteiger partial charge >= 0.3 is 0 Å². The number of amides is 2. The highest BCUT2D eigenvalue weighted by Crippen LogP contribution is 2.24. The highest BCUT2D eigenvalue weighted by atomic mass is 35.5. The number of halogens is 2. The summed E-state index contributed by atoms with van der Waals surface area (Å²) in [7, 11) is 0. The van der Waals surface area contributed by atoms with Gasteiger partial charge in [-0.25, -0.2) is 4.39 Å². The Kier molecular flexibility index (Phi) is 9.08. The summed E-state index contributed by atoms with van der Waals surface area (Å²) in [5, 5.41) is 5.91. The van der Waals surface area contributed by atoms with E-state index >= 15 is 0 Å². The van der Waals surface area contributed by atoms with E-state index in [4.69, 9.17) is 11.6 Å². The first-order valence-corrected chi connectivity index (χ1v) is 12.9. The molecule has 0 spiro atoms. The molecular weight excluding hydrogens is 523 g/mol. The van der Waals surface area contributed by atoms with Crippen LogP contribution in [0.3, 0.4) is 0 Å². The van der Waals surface area contributed by atoms with Crippen LogP contribution >= 0.6 is 23.4 Å². The Morgan fingerprint density at radius 2 is 1.53 bits per heavy atom. The van der Waals surface area contributed by atoms with Crippen molar-refractivity contribution in [3.8, 4) is 0 Å². The number of hydrogen-bond acceptors (Lipinski definition) is 4. The minimum Gasteiger partial charge on any atom is -0.321 e. The molecule has 0 aliphatic heterocycles. The fraction of sp³-hybridized carbons (Fsp3) is 0.0333. The van der Waals surface area contributed by atoms with Crippen LogP contribution in [-0.4, -0.2) is 23.4 Å². The van der Waals surface area contributed by atoms with Crippen molar-refractivity contribution < 1.29 is 18.8 Å². The molecule has 2 N–H and O–H groups in total. The van der Waals surface area contributed by atoms with Crippen LogP contribution in [0.2, 0.25) is 5.02 Å². The molecule has 0 aliphatic carbocycles. The molecule has 4 rings (SSSR count). The zero-order valence-corrected chi connectivity index (χ0v) is 21.6. The molecule has 190 valence electrons. The van der Waals surface area contributed by atoms with E-state index in [1.807, 2.05) is 6.07 Å². The lowest BCUT2D eigenvalue weighted by Gasteiger charge is -2.12. The van der Waals surface area contributed by atoms with E-state index in [0.29, 0.717) is 27.4 Å². The average Bonchev–Trinajstić information content (AvgIpc) is 2.93. The molecule has 0 aliphatic rings. The van der Waals surface area contributed by atoms with Gasteiger partial charge in [0.05, 0.1) is 5.75 Å². The summed E-state index contributed by atoms with van der Waals surface area (Å²) in [6.45, 7) is 0. The molecule has 38 heavy (non-hydrogen) atoms. The van der Waals surface area contributed by atoms with Gasteiger partial charge in [-0.1, -0.05) is 54.1 Å². The van der Waals surface area contributed by atoms with Gasteiger partial charge in [-0.3, -0.25) is 14.4 Å². The Morgan fingerprint density at radius 1 is 0.816 bits per heavy atom. The van der Waals surface area contributed by atoms with E-state index < -0.39 is 17.6 Å². The van der Waals surface area contributed by atoms with Gasteiger partial charge in [-0.15, -0.1) is 11.8 Å². The van der Waals surface area contributed by atoms with Gasteiger partial charge in [0.15, 0.2) is 5.78 Å². The number of anilines is 1. The number of ketones is 1. The van der Waals surface area contributed by atoms with Gasteiger partial charge < -0.3 is 10.6 Å². The van der Waals surface area contributed by atoms with Crippen molar-refractivity contribution in [3.05, 3.63) is 136 Å². The maximum absolute atomic E-state index is 13.3. The second kappa shape index (κ2) is 12.9. The van der Waals surface area contributed by atoms with E-state index in [1.165, 1.54) is 42.1 Å². The van der Waals surface area contributed by atoms with Gasteiger partial charge in [-0.05, 0) is 72.3 Å². The maximum Gasteiger partial charge on any atom is 0.272 e. The number of carbonyl (C=O) groups is 3. The lowest BCUT2D eigenvalue weighted by Crippen LogP contribution is -2.30. The molecular formula is C30H22ClFN2O3S. The lowest BCUT2D eigenvalue weighted by molar-refractivity contribution is -0.113. The molecule has 0 radical (unpaired) electrons. The molecule has 8 heteroatoms. The van der Waals surface area contributed by atoms with Crippen LogP contribution in [0.25, 0.3) is 6.08 Å². The van der Waals surface area contributed by atoms with Crippen molar-refractivity contribution in [3.63, 3.8) is 0 Å². The van der Waals surface area contributed by atoms with Gasteiger partial charge in [0.1, 0.15) is 11.5 Å². The van der Waals surface area contributed by atoms with Crippen LogP contribution in [0, 0.1) is 5.82 Å². The van der Waals surface area contributed by atoms with Crippen LogP contribution < -0.4 is 10.6 Å². The van der Waals surface area contributed by atoms with Crippen LogP contribution in [0.15, 0.2) is 114 Å². The largest absolute Gasteiger partial charge is 0.321 e. The smallest absolute Gasteiger partial charge is 0.272 e. The van der Waals surface area contributed by atoms with Crippen LogP contribution in [0.5, 0.6) is 0 Å². The molecule has 0 fully saturated rings. The van der Waals surface area contributed by atoms with Crippen LogP contribution in [0.4, 0.5) is 10.1 Å². The molecule has 5 nitrogen and oxygen atoms in total. The van der Waals surface area contributed by atoms with Crippen molar-refractivity contribution >= 4 is 52.7 Å². The monoisotopic (exact) mass is 544 g/mol. The third kappa shape index (κ3) is 7.41. The van der Waals surface area contributed by atoms with Gasteiger partial charge in [-0.2, -0.15) is 0 Å².